The average molecular weight is 433 g/mol. The number of nitrogens with zero attached hydrogens (tertiary/aromatic N) is 2. The number of amides is 2. The summed E-state index contributed by atoms with van der Waals surface area (Å²) in [4.78, 5) is 23.4. The second kappa shape index (κ2) is 9.88. The molecule has 10 heteroatoms. The average Bonchev–Trinajstić information content (AvgIpc) is 2.69. The van der Waals surface area contributed by atoms with Crippen molar-refractivity contribution in [1.29, 1.82) is 0 Å². The predicted octanol–water partition coefficient (Wildman–Crippen LogP) is 1.96. The summed E-state index contributed by atoms with van der Waals surface area (Å²) in [5.74, 6) is -0.195. The number of ether oxygens (including phenoxy) is 1. The Morgan fingerprint density at radius 3 is 2.13 bits per heavy atom. The fourth-order valence-corrected chi connectivity index (χ4v) is 3.38. The van der Waals surface area contributed by atoms with E-state index < -0.39 is 22.5 Å². The Bertz CT molecular complexity index is 1030. The molecular formula is C20H24N4O5S. The molecule has 0 radical (unpaired) electrons. The van der Waals surface area contributed by atoms with Crippen molar-refractivity contribution in [3.8, 4) is 5.75 Å². The minimum Gasteiger partial charge on any atom is -0.497 e. The van der Waals surface area contributed by atoms with Crippen LogP contribution in [0.25, 0.3) is 0 Å². The number of carbonyl (C=O) groups excluding carboxylic acids is 2. The number of methoxy groups -OCH3 is 1. The fraction of sp³-hybridized carbons (Fsp3) is 0.250. The van der Waals surface area contributed by atoms with Crippen LogP contribution in [0.2, 0.25) is 0 Å². The van der Waals surface area contributed by atoms with E-state index in [1.54, 1.807) is 55.5 Å². The number of hydrogen-bond acceptors (Lipinski definition) is 6. The Hall–Kier alpha value is -3.40. The number of rotatable bonds is 8. The molecule has 2 amide bonds. The van der Waals surface area contributed by atoms with Crippen molar-refractivity contribution in [3.05, 3.63) is 54.1 Å². The Kier molecular flexibility index (Phi) is 7.54. The summed E-state index contributed by atoms with van der Waals surface area (Å²) >= 11 is 0. The van der Waals surface area contributed by atoms with Crippen LogP contribution in [0.1, 0.15) is 19.4 Å². The van der Waals surface area contributed by atoms with Crippen LogP contribution < -0.4 is 19.8 Å². The van der Waals surface area contributed by atoms with E-state index in [-0.39, 0.29) is 5.91 Å². The van der Waals surface area contributed by atoms with Gasteiger partial charge in [-0.3, -0.25) is 13.9 Å². The first-order chi connectivity index (χ1) is 14.1. The molecule has 2 rings (SSSR count). The van der Waals surface area contributed by atoms with E-state index in [2.05, 4.69) is 15.8 Å². The summed E-state index contributed by atoms with van der Waals surface area (Å²) < 4.78 is 30.3. The van der Waals surface area contributed by atoms with Gasteiger partial charge in [-0.1, -0.05) is 12.1 Å². The summed E-state index contributed by atoms with van der Waals surface area (Å²) in [6.45, 7) is 2.69. The van der Waals surface area contributed by atoms with E-state index in [9.17, 15) is 18.0 Å². The number of nitrogens with one attached hydrogen (secondary N) is 2. The molecule has 9 nitrogen and oxygen atoms in total. The molecule has 0 fully saturated rings. The van der Waals surface area contributed by atoms with Crippen molar-refractivity contribution >= 4 is 38.9 Å². The van der Waals surface area contributed by atoms with Crippen LogP contribution in [0.5, 0.6) is 5.75 Å². The zero-order chi connectivity index (χ0) is 22.3. The highest BCUT2D eigenvalue weighted by Gasteiger charge is 2.20. The fourth-order valence-electron chi connectivity index (χ4n) is 2.52. The summed E-state index contributed by atoms with van der Waals surface area (Å²) in [6.07, 6.45) is 1.02. The largest absolute Gasteiger partial charge is 0.497 e. The lowest BCUT2D eigenvalue weighted by Gasteiger charge is -2.21. The summed E-state index contributed by atoms with van der Waals surface area (Å²) in [5.41, 5.74) is 4.61. The molecule has 0 bridgehead atoms. The molecule has 2 aromatic carbocycles. The van der Waals surface area contributed by atoms with Gasteiger partial charge in [-0.05, 0) is 48.9 Å². The summed E-state index contributed by atoms with van der Waals surface area (Å²) in [6, 6.07) is 13.2. The summed E-state index contributed by atoms with van der Waals surface area (Å²) in [7, 11) is -2.18. The zero-order valence-electron chi connectivity index (χ0n) is 17.2. The number of benzene rings is 2. The van der Waals surface area contributed by atoms with Crippen LogP contribution in [-0.4, -0.2) is 45.9 Å². The number of hydrogen-bond donors (Lipinski definition) is 2. The maximum Gasteiger partial charge on any atom is 0.260 e. The molecule has 0 saturated heterocycles. The second-order valence-electron chi connectivity index (χ2n) is 6.46. The van der Waals surface area contributed by atoms with Crippen LogP contribution in [0.4, 0.5) is 11.4 Å². The first kappa shape index (κ1) is 22.9. The Balaban J connectivity index is 2.08. The number of anilines is 2. The van der Waals surface area contributed by atoms with Crippen molar-refractivity contribution in [1.82, 2.24) is 5.43 Å². The molecule has 0 spiro atoms. The van der Waals surface area contributed by atoms with Crippen molar-refractivity contribution in [2.24, 2.45) is 5.10 Å². The first-order valence-electron chi connectivity index (χ1n) is 8.93. The molecule has 2 N–H and O–H groups in total. The molecule has 0 heterocycles. The standard InChI is InChI=1S/C20H24N4O5S/c1-14(16-5-7-17(8-6-16)21-15(2)25)22-23-20(26)13-24(30(4,27)28)18-9-11-19(29-3)12-10-18/h5-12H,13H2,1-4H3,(H,21,25)(H,23,26)/b22-14-. The molecule has 0 aliphatic carbocycles. The Morgan fingerprint density at radius 2 is 1.63 bits per heavy atom. The van der Waals surface area contributed by atoms with Gasteiger partial charge in [-0.2, -0.15) is 5.10 Å². The smallest absolute Gasteiger partial charge is 0.260 e. The van der Waals surface area contributed by atoms with Crippen LogP contribution in [0.15, 0.2) is 53.6 Å². The van der Waals surface area contributed by atoms with Crippen LogP contribution in [0.3, 0.4) is 0 Å². The van der Waals surface area contributed by atoms with Crippen molar-refractivity contribution in [3.63, 3.8) is 0 Å². The van der Waals surface area contributed by atoms with E-state index in [1.165, 1.54) is 14.0 Å². The van der Waals surface area contributed by atoms with Gasteiger partial charge >= 0.3 is 0 Å². The van der Waals surface area contributed by atoms with Gasteiger partial charge in [0.15, 0.2) is 0 Å². The van der Waals surface area contributed by atoms with Crippen LogP contribution >= 0.6 is 0 Å². The highest BCUT2D eigenvalue weighted by molar-refractivity contribution is 7.92. The van der Waals surface area contributed by atoms with Crippen LogP contribution in [-0.2, 0) is 19.6 Å². The van der Waals surface area contributed by atoms with Crippen molar-refractivity contribution < 1.29 is 22.7 Å². The summed E-state index contributed by atoms with van der Waals surface area (Å²) in [5, 5.41) is 6.69. The Labute approximate surface area is 175 Å². The quantitative estimate of drug-likeness (QED) is 0.488. The van der Waals surface area contributed by atoms with Gasteiger partial charge in [0.1, 0.15) is 12.3 Å². The van der Waals surface area contributed by atoms with Gasteiger partial charge in [0.05, 0.1) is 24.8 Å². The lowest BCUT2D eigenvalue weighted by atomic mass is 10.1. The predicted molar refractivity (Wildman–Crippen MR) is 116 cm³/mol. The Morgan fingerprint density at radius 1 is 1.03 bits per heavy atom. The number of sulfonamides is 1. The van der Waals surface area contributed by atoms with Crippen molar-refractivity contribution in [2.45, 2.75) is 13.8 Å². The normalized spacial score (nSPS) is 11.5. The van der Waals surface area contributed by atoms with E-state index in [1.807, 2.05) is 0 Å². The molecule has 0 unspecified atom stereocenters. The molecule has 0 aliphatic heterocycles. The monoisotopic (exact) mass is 432 g/mol. The van der Waals surface area contributed by atoms with Crippen molar-refractivity contribution in [2.75, 3.05) is 29.5 Å². The molecule has 0 atom stereocenters. The first-order valence-corrected chi connectivity index (χ1v) is 10.8. The minimum absolute atomic E-state index is 0.173. The molecule has 160 valence electrons. The third-order valence-electron chi connectivity index (χ3n) is 4.02. The highest BCUT2D eigenvalue weighted by atomic mass is 32.2. The maximum absolute atomic E-state index is 12.3. The van der Waals surface area contributed by atoms with E-state index in [0.29, 0.717) is 22.8 Å². The SMILES string of the molecule is COc1ccc(N(CC(=O)N/N=C(/C)c2ccc(NC(C)=O)cc2)S(C)(=O)=O)cc1. The van der Waals surface area contributed by atoms with Gasteiger partial charge in [0.25, 0.3) is 5.91 Å². The van der Waals surface area contributed by atoms with Crippen LogP contribution in [0, 0.1) is 0 Å². The molecule has 0 saturated carbocycles. The maximum atomic E-state index is 12.3. The molecular weight excluding hydrogens is 408 g/mol. The van der Waals surface area contributed by atoms with E-state index in [4.69, 9.17) is 4.74 Å². The second-order valence-corrected chi connectivity index (χ2v) is 8.37. The third-order valence-corrected chi connectivity index (χ3v) is 5.16. The molecule has 30 heavy (non-hydrogen) atoms. The van der Waals surface area contributed by atoms with Gasteiger partial charge in [-0.25, -0.2) is 13.8 Å². The minimum atomic E-state index is -3.69. The third kappa shape index (κ3) is 6.59. The van der Waals surface area contributed by atoms with Gasteiger partial charge < -0.3 is 10.1 Å². The van der Waals surface area contributed by atoms with Gasteiger partial charge in [-0.15, -0.1) is 0 Å². The zero-order valence-corrected chi connectivity index (χ0v) is 18.0. The number of carbonyl (C=O) groups is 2. The van der Waals surface area contributed by atoms with E-state index in [0.717, 1.165) is 16.1 Å². The van der Waals surface area contributed by atoms with Gasteiger partial charge in [0.2, 0.25) is 15.9 Å². The highest BCUT2D eigenvalue weighted by Crippen LogP contribution is 2.21. The number of hydrazone groups is 1. The topological polar surface area (TPSA) is 117 Å². The lowest BCUT2D eigenvalue weighted by molar-refractivity contribution is -0.119. The van der Waals surface area contributed by atoms with Gasteiger partial charge in [0, 0.05) is 12.6 Å². The lowest BCUT2D eigenvalue weighted by Crippen LogP contribution is -2.39. The van der Waals surface area contributed by atoms with E-state index >= 15 is 0 Å². The molecule has 2 aromatic rings. The molecule has 0 aliphatic rings. The molecule has 0 aromatic heterocycles.